The van der Waals surface area contributed by atoms with Crippen LogP contribution in [0.3, 0.4) is 0 Å². The zero-order chi connectivity index (χ0) is 25.5. The molecule has 0 saturated heterocycles. The van der Waals surface area contributed by atoms with Gasteiger partial charge in [0.1, 0.15) is 12.2 Å². The van der Waals surface area contributed by atoms with Gasteiger partial charge in [0.05, 0.1) is 29.1 Å². The van der Waals surface area contributed by atoms with Gasteiger partial charge in [0.15, 0.2) is 5.82 Å². The first-order valence-corrected chi connectivity index (χ1v) is 12.5. The van der Waals surface area contributed by atoms with Gasteiger partial charge >= 0.3 is 0 Å². The van der Waals surface area contributed by atoms with Crippen LogP contribution in [-0.4, -0.2) is 44.9 Å². The Morgan fingerprint density at radius 1 is 1.08 bits per heavy atom. The molecule has 0 unspecified atom stereocenters. The van der Waals surface area contributed by atoms with Gasteiger partial charge in [0.2, 0.25) is 0 Å². The first kappa shape index (κ1) is 21.3. The van der Waals surface area contributed by atoms with Crippen molar-refractivity contribution in [1.82, 2.24) is 44.9 Å². The van der Waals surface area contributed by atoms with Crippen molar-refractivity contribution in [2.75, 3.05) is 5.73 Å². The first-order chi connectivity index (χ1) is 18.5. The third-order valence-electron chi connectivity index (χ3n) is 7.65. The molecule has 0 spiro atoms. The average Bonchev–Trinajstić information content (AvgIpc) is 3.35. The molecular formula is C26H19ClN10O. The van der Waals surface area contributed by atoms with Crippen molar-refractivity contribution in [1.29, 1.82) is 0 Å². The van der Waals surface area contributed by atoms with Crippen LogP contribution in [0.4, 0.5) is 5.82 Å². The number of tetrazole rings is 1. The monoisotopic (exact) mass is 522 g/mol. The highest BCUT2D eigenvalue weighted by Gasteiger charge is 2.54. The zero-order valence-corrected chi connectivity index (χ0v) is 20.5. The van der Waals surface area contributed by atoms with Gasteiger partial charge in [-0.25, -0.2) is 4.98 Å². The fourth-order valence-electron chi connectivity index (χ4n) is 5.81. The fraction of sp³-hybridized carbons (Fsp3) is 0.154. The topological polar surface area (TPSA) is 149 Å². The second kappa shape index (κ2) is 7.62. The van der Waals surface area contributed by atoms with Crippen LogP contribution in [0.25, 0.3) is 39.0 Å². The van der Waals surface area contributed by atoms with E-state index in [0.29, 0.717) is 22.7 Å². The van der Waals surface area contributed by atoms with Crippen LogP contribution in [-0.2, 0) is 0 Å². The molecule has 5 heterocycles. The van der Waals surface area contributed by atoms with E-state index < -0.39 is 0 Å². The number of fused-ring (bicyclic) bond motifs is 4. The third-order valence-corrected chi connectivity index (χ3v) is 7.88. The summed E-state index contributed by atoms with van der Waals surface area (Å²) in [6.07, 6.45) is 4.35. The first-order valence-electron chi connectivity index (χ1n) is 12.1. The summed E-state index contributed by atoms with van der Waals surface area (Å²) < 4.78 is 3.45. The number of nitrogens with two attached hydrogens (primary N) is 1. The number of rotatable bonds is 4. The van der Waals surface area contributed by atoms with Gasteiger partial charge in [-0.15, -0.1) is 5.10 Å². The van der Waals surface area contributed by atoms with Gasteiger partial charge < -0.3 is 15.3 Å². The van der Waals surface area contributed by atoms with E-state index in [1.807, 2.05) is 41.1 Å². The molecule has 2 aromatic carbocycles. The van der Waals surface area contributed by atoms with Gasteiger partial charge in [-0.05, 0) is 64.7 Å². The smallest absolute Gasteiger partial charge is 0.252 e. The maximum Gasteiger partial charge on any atom is 0.252 e. The number of halogens is 1. The van der Waals surface area contributed by atoms with Gasteiger partial charge in [0.25, 0.3) is 5.56 Å². The molecule has 4 N–H and O–H groups in total. The quantitative estimate of drug-likeness (QED) is 0.319. The summed E-state index contributed by atoms with van der Waals surface area (Å²) in [5.41, 5.74) is 11.9. The zero-order valence-electron chi connectivity index (χ0n) is 19.7. The molecule has 0 bridgehead atoms. The van der Waals surface area contributed by atoms with Crippen molar-refractivity contribution in [3.05, 3.63) is 87.9 Å². The Morgan fingerprint density at radius 2 is 2.00 bits per heavy atom. The molecule has 186 valence electrons. The molecule has 8 rings (SSSR count). The van der Waals surface area contributed by atoms with Crippen molar-refractivity contribution >= 4 is 28.3 Å². The summed E-state index contributed by atoms with van der Waals surface area (Å²) in [6.45, 7) is 0. The fourth-order valence-corrected chi connectivity index (χ4v) is 5.98. The lowest BCUT2D eigenvalue weighted by Crippen LogP contribution is -2.26. The Labute approximate surface area is 219 Å². The Balaban J connectivity index is 1.20. The Bertz CT molecular complexity index is 1940. The summed E-state index contributed by atoms with van der Waals surface area (Å²) in [6, 6.07) is 15.0. The number of hydrogen-bond acceptors (Lipinski definition) is 7. The summed E-state index contributed by atoms with van der Waals surface area (Å²) >= 11 is 6.34. The molecule has 1 aliphatic carbocycles. The SMILES string of the molecule is Nc1n[nH]c2cc(-c3cnc([C@@H]4[C@H]5C[C@H]5c5cc(-c6cc(Cl)ccc6-n6cnnn6)cc(=O)n54)[nH]3)ccc12. The predicted octanol–water partition coefficient (Wildman–Crippen LogP) is 3.70. The van der Waals surface area contributed by atoms with E-state index in [4.69, 9.17) is 22.3 Å². The van der Waals surface area contributed by atoms with Crippen LogP contribution in [0, 0.1) is 5.92 Å². The average molecular weight is 523 g/mol. The summed E-state index contributed by atoms with van der Waals surface area (Å²) in [4.78, 5) is 21.8. The number of nitrogens with zero attached hydrogens (tertiary/aromatic N) is 7. The molecule has 4 aromatic heterocycles. The van der Waals surface area contributed by atoms with Crippen LogP contribution < -0.4 is 11.3 Å². The number of nitrogens with one attached hydrogen (secondary N) is 2. The van der Waals surface area contributed by atoms with E-state index in [0.717, 1.165) is 56.9 Å². The summed E-state index contributed by atoms with van der Waals surface area (Å²) in [7, 11) is 0. The van der Waals surface area contributed by atoms with Gasteiger partial charge in [-0.2, -0.15) is 9.78 Å². The van der Waals surface area contributed by atoms with Gasteiger partial charge in [0, 0.05) is 39.2 Å². The minimum Gasteiger partial charge on any atom is -0.382 e. The summed E-state index contributed by atoms with van der Waals surface area (Å²) in [5, 5.41) is 20.0. The summed E-state index contributed by atoms with van der Waals surface area (Å²) in [5.74, 6) is 1.88. The van der Waals surface area contributed by atoms with E-state index >= 15 is 0 Å². The number of hydrogen-bond donors (Lipinski definition) is 3. The van der Waals surface area contributed by atoms with Gasteiger partial charge in [-0.3, -0.25) is 9.89 Å². The number of aromatic amines is 2. The Morgan fingerprint density at radius 3 is 2.87 bits per heavy atom. The maximum absolute atomic E-state index is 13.6. The van der Waals surface area contributed by atoms with Crippen LogP contribution in [0.15, 0.2) is 65.8 Å². The molecule has 38 heavy (non-hydrogen) atoms. The molecule has 1 aliphatic heterocycles. The molecular weight excluding hydrogens is 504 g/mol. The molecule has 1 saturated carbocycles. The molecule has 11 nitrogen and oxygen atoms in total. The normalized spacial score (nSPS) is 19.6. The number of pyridine rings is 1. The Kier molecular flexibility index (Phi) is 4.28. The number of benzene rings is 2. The highest BCUT2D eigenvalue weighted by molar-refractivity contribution is 6.31. The molecule has 0 radical (unpaired) electrons. The van der Waals surface area contributed by atoms with Crippen molar-refractivity contribution in [3.8, 4) is 28.1 Å². The van der Waals surface area contributed by atoms with Crippen molar-refractivity contribution < 1.29 is 0 Å². The minimum absolute atomic E-state index is 0.0790. The number of imidazole rings is 1. The second-order valence-electron chi connectivity index (χ2n) is 9.80. The maximum atomic E-state index is 13.6. The standard InChI is InChI=1S/C26H19ClN10O/c27-14-2-4-21(36-11-30-34-35-36)16(8-14)13-6-22-17-9-18(17)24(37(22)23(38)7-13)26-29-10-20(31-26)12-1-3-15-19(5-12)32-33-25(15)28/h1-8,10-11,17-18,24H,9H2,(H,29,31)(H3,28,32,33)/t17-,18+,24+/m1/s1. The third kappa shape index (κ3) is 3.08. The lowest BCUT2D eigenvalue weighted by molar-refractivity contribution is 0.515. The van der Waals surface area contributed by atoms with Crippen LogP contribution >= 0.6 is 11.6 Å². The molecule has 6 aromatic rings. The molecule has 1 fully saturated rings. The van der Waals surface area contributed by atoms with Crippen molar-refractivity contribution in [2.45, 2.75) is 18.4 Å². The van der Waals surface area contributed by atoms with Gasteiger partial charge in [-0.1, -0.05) is 17.7 Å². The number of H-pyrrole nitrogens is 2. The molecule has 3 atom stereocenters. The van der Waals surface area contributed by atoms with Crippen LogP contribution in [0.2, 0.25) is 5.02 Å². The molecule has 0 amide bonds. The van der Waals surface area contributed by atoms with Crippen molar-refractivity contribution in [2.24, 2.45) is 5.92 Å². The Hall–Kier alpha value is -4.77. The van der Waals surface area contributed by atoms with Crippen molar-refractivity contribution in [3.63, 3.8) is 0 Å². The van der Waals surface area contributed by atoms with E-state index in [1.54, 1.807) is 16.8 Å². The largest absolute Gasteiger partial charge is 0.382 e. The number of nitrogen functional groups attached to an aromatic ring is 1. The van der Waals surface area contributed by atoms with Crippen LogP contribution in [0.5, 0.6) is 0 Å². The number of aromatic nitrogens is 9. The second-order valence-corrected chi connectivity index (χ2v) is 10.2. The van der Waals surface area contributed by atoms with E-state index in [2.05, 4.69) is 36.8 Å². The predicted molar refractivity (Wildman–Crippen MR) is 141 cm³/mol. The highest BCUT2D eigenvalue weighted by Crippen LogP contribution is 2.60. The molecule has 2 aliphatic rings. The van der Waals surface area contributed by atoms with E-state index in [-0.39, 0.29) is 11.6 Å². The number of anilines is 1. The molecule has 12 heteroatoms. The van der Waals surface area contributed by atoms with E-state index in [9.17, 15) is 4.79 Å². The minimum atomic E-state index is -0.143. The lowest BCUT2D eigenvalue weighted by atomic mass is 10.0. The highest BCUT2D eigenvalue weighted by atomic mass is 35.5. The van der Waals surface area contributed by atoms with Crippen LogP contribution in [0.1, 0.15) is 29.9 Å². The van der Waals surface area contributed by atoms with E-state index in [1.165, 1.54) is 6.33 Å². The lowest BCUT2D eigenvalue weighted by Gasteiger charge is -2.18.